The summed E-state index contributed by atoms with van der Waals surface area (Å²) >= 11 is 3.20. The molecule has 1 aliphatic carbocycles. The van der Waals surface area contributed by atoms with Crippen LogP contribution in [0.1, 0.15) is 70.2 Å². The molecule has 0 aromatic heterocycles. The van der Waals surface area contributed by atoms with Gasteiger partial charge in [0.25, 0.3) is 5.91 Å². The first-order chi connectivity index (χ1) is 12.5. The largest absolute Gasteiger partial charge is 0.460 e. The van der Waals surface area contributed by atoms with E-state index in [9.17, 15) is 14.0 Å². The number of esters is 1. The number of benzene rings is 1. The average Bonchev–Trinajstić information content (AvgIpc) is 2.53. The lowest BCUT2D eigenvalue weighted by molar-refractivity contribution is -0.155. The number of ether oxygens (including phenoxy) is 1. The highest BCUT2D eigenvalue weighted by atomic mass is 79.9. The van der Waals surface area contributed by atoms with Crippen molar-refractivity contribution in [2.45, 2.75) is 71.4 Å². The summed E-state index contributed by atoms with van der Waals surface area (Å²) < 4.78 is 20.0. The van der Waals surface area contributed by atoms with Gasteiger partial charge in [0, 0.05) is 16.9 Å². The van der Waals surface area contributed by atoms with Gasteiger partial charge >= 0.3 is 5.97 Å². The van der Waals surface area contributed by atoms with Gasteiger partial charge in [0.1, 0.15) is 11.4 Å². The van der Waals surface area contributed by atoms with E-state index in [0.717, 1.165) is 25.7 Å². The maximum Gasteiger partial charge on any atom is 0.306 e. The zero-order valence-corrected chi connectivity index (χ0v) is 18.1. The zero-order valence-electron chi connectivity index (χ0n) is 16.5. The van der Waals surface area contributed by atoms with Gasteiger partial charge in [-0.15, -0.1) is 0 Å². The summed E-state index contributed by atoms with van der Waals surface area (Å²) in [6.45, 7) is 7.69. The summed E-state index contributed by atoms with van der Waals surface area (Å²) in [5.74, 6) is -0.422. The molecule has 0 spiro atoms. The molecule has 0 radical (unpaired) electrons. The maximum atomic E-state index is 14.0. The lowest BCUT2D eigenvalue weighted by Gasteiger charge is -2.35. The molecule has 4 nitrogen and oxygen atoms in total. The number of nitrogens with one attached hydrogen (secondary N) is 1. The van der Waals surface area contributed by atoms with E-state index < -0.39 is 11.4 Å². The molecule has 0 aliphatic heterocycles. The van der Waals surface area contributed by atoms with Crippen LogP contribution in [0.15, 0.2) is 22.7 Å². The van der Waals surface area contributed by atoms with E-state index in [1.54, 1.807) is 6.07 Å². The SMILES string of the molecule is C[C@H]1CCC(CCC(=O)OC(C)(C)C)C[C@@H]1NC(=O)c1ccc(Br)cc1F. The van der Waals surface area contributed by atoms with Crippen molar-refractivity contribution >= 4 is 27.8 Å². The third-order valence-corrected chi connectivity index (χ3v) is 5.47. The molecule has 1 N–H and O–H groups in total. The third kappa shape index (κ3) is 6.91. The van der Waals surface area contributed by atoms with Crippen molar-refractivity contribution in [2.75, 3.05) is 0 Å². The highest BCUT2D eigenvalue weighted by Gasteiger charge is 2.30. The van der Waals surface area contributed by atoms with Crippen LogP contribution in [0.2, 0.25) is 0 Å². The summed E-state index contributed by atoms with van der Waals surface area (Å²) in [7, 11) is 0. The normalized spacial score (nSPS) is 23.0. The Hall–Kier alpha value is -1.43. The number of carbonyl (C=O) groups is 2. The van der Waals surface area contributed by atoms with Gasteiger partial charge in [-0.3, -0.25) is 9.59 Å². The molecule has 3 atom stereocenters. The first-order valence-corrected chi connectivity index (χ1v) is 10.3. The number of halogens is 2. The van der Waals surface area contributed by atoms with Crippen LogP contribution < -0.4 is 5.32 Å². The van der Waals surface area contributed by atoms with Crippen molar-refractivity contribution in [1.82, 2.24) is 5.32 Å². The first kappa shape index (κ1) is 21.9. The fourth-order valence-electron chi connectivity index (χ4n) is 3.51. The van der Waals surface area contributed by atoms with Crippen LogP contribution in [0.25, 0.3) is 0 Å². The van der Waals surface area contributed by atoms with Crippen molar-refractivity contribution in [1.29, 1.82) is 0 Å². The summed E-state index contributed by atoms with van der Waals surface area (Å²) in [5, 5.41) is 2.99. The highest BCUT2D eigenvalue weighted by molar-refractivity contribution is 9.10. The maximum absolute atomic E-state index is 14.0. The van der Waals surface area contributed by atoms with Gasteiger partial charge in [0.05, 0.1) is 5.56 Å². The van der Waals surface area contributed by atoms with Crippen LogP contribution in [-0.2, 0) is 9.53 Å². The van der Waals surface area contributed by atoms with Crippen LogP contribution >= 0.6 is 15.9 Å². The summed E-state index contributed by atoms with van der Waals surface area (Å²) in [6, 6.07) is 4.43. The Labute approximate surface area is 169 Å². The van der Waals surface area contributed by atoms with Crippen LogP contribution in [-0.4, -0.2) is 23.5 Å². The predicted molar refractivity (Wildman–Crippen MR) is 107 cm³/mol. The molecule has 1 saturated carbocycles. The lowest BCUT2D eigenvalue weighted by atomic mass is 9.77. The Balaban J connectivity index is 1.91. The molecule has 1 aromatic carbocycles. The molecule has 1 unspecified atom stereocenters. The molecule has 150 valence electrons. The van der Waals surface area contributed by atoms with Crippen molar-refractivity contribution in [3.63, 3.8) is 0 Å². The van der Waals surface area contributed by atoms with Crippen LogP contribution in [0, 0.1) is 17.7 Å². The molecule has 1 aliphatic rings. The Kier molecular flexibility index (Phi) is 7.43. The Bertz CT molecular complexity index is 686. The summed E-state index contributed by atoms with van der Waals surface area (Å²) in [5.41, 5.74) is -0.412. The van der Waals surface area contributed by atoms with Gasteiger partial charge in [-0.05, 0) is 70.1 Å². The number of hydrogen-bond acceptors (Lipinski definition) is 3. The molecule has 0 bridgehead atoms. The third-order valence-electron chi connectivity index (χ3n) is 4.97. The van der Waals surface area contributed by atoms with E-state index in [-0.39, 0.29) is 23.5 Å². The zero-order chi connectivity index (χ0) is 20.2. The molecule has 27 heavy (non-hydrogen) atoms. The second-order valence-electron chi connectivity index (χ2n) is 8.49. The topological polar surface area (TPSA) is 55.4 Å². The molecule has 1 fully saturated rings. The van der Waals surface area contributed by atoms with Gasteiger partial charge in [0.2, 0.25) is 0 Å². The van der Waals surface area contributed by atoms with Crippen LogP contribution in [0.4, 0.5) is 4.39 Å². The number of carbonyl (C=O) groups excluding carboxylic acids is 2. The fourth-order valence-corrected chi connectivity index (χ4v) is 3.84. The first-order valence-electron chi connectivity index (χ1n) is 9.53. The van der Waals surface area contributed by atoms with Crippen molar-refractivity contribution in [2.24, 2.45) is 11.8 Å². The van der Waals surface area contributed by atoms with E-state index in [4.69, 9.17) is 4.74 Å². The van der Waals surface area contributed by atoms with Crippen LogP contribution in [0.3, 0.4) is 0 Å². The average molecular weight is 442 g/mol. The minimum absolute atomic E-state index is 0.0158. The molecule has 1 amide bonds. The molecule has 6 heteroatoms. The highest BCUT2D eigenvalue weighted by Crippen LogP contribution is 2.32. The van der Waals surface area contributed by atoms with Gasteiger partial charge in [0.15, 0.2) is 0 Å². The second kappa shape index (κ2) is 9.18. The van der Waals surface area contributed by atoms with Gasteiger partial charge in [-0.2, -0.15) is 0 Å². The number of amides is 1. The molecule has 2 rings (SSSR count). The van der Waals surface area contributed by atoms with Crippen molar-refractivity contribution in [3.8, 4) is 0 Å². The second-order valence-corrected chi connectivity index (χ2v) is 9.40. The van der Waals surface area contributed by atoms with Crippen molar-refractivity contribution in [3.05, 3.63) is 34.1 Å². The lowest BCUT2D eigenvalue weighted by Crippen LogP contribution is -2.43. The van der Waals surface area contributed by atoms with E-state index >= 15 is 0 Å². The monoisotopic (exact) mass is 441 g/mol. The fraction of sp³-hybridized carbons (Fsp3) is 0.619. The number of hydrogen-bond donors (Lipinski definition) is 1. The molecular weight excluding hydrogens is 413 g/mol. The molecule has 0 saturated heterocycles. The van der Waals surface area contributed by atoms with Gasteiger partial charge < -0.3 is 10.1 Å². The Morgan fingerprint density at radius 3 is 2.63 bits per heavy atom. The minimum Gasteiger partial charge on any atom is -0.460 e. The van der Waals surface area contributed by atoms with E-state index in [0.29, 0.717) is 22.7 Å². The number of rotatable bonds is 5. The minimum atomic E-state index is -0.535. The van der Waals surface area contributed by atoms with Crippen LogP contribution in [0.5, 0.6) is 0 Å². The van der Waals surface area contributed by atoms with Gasteiger partial charge in [-0.25, -0.2) is 4.39 Å². The summed E-state index contributed by atoms with van der Waals surface area (Å²) in [6.07, 6.45) is 3.95. The quantitative estimate of drug-likeness (QED) is 0.635. The molecular formula is C21H29BrFNO3. The van der Waals surface area contributed by atoms with E-state index in [1.807, 2.05) is 20.8 Å². The van der Waals surface area contributed by atoms with Crippen molar-refractivity contribution < 1.29 is 18.7 Å². The molecule has 1 aromatic rings. The summed E-state index contributed by atoms with van der Waals surface area (Å²) in [4.78, 5) is 24.4. The van der Waals surface area contributed by atoms with E-state index in [1.165, 1.54) is 12.1 Å². The Morgan fingerprint density at radius 1 is 1.30 bits per heavy atom. The smallest absolute Gasteiger partial charge is 0.306 e. The molecule has 0 heterocycles. The van der Waals surface area contributed by atoms with Gasteiger partial charge in [-0.1, -0.05) is 29.3 Å². The Morgan fingerprint density at radius 2 is 2.00 bits per heavy atom. The predicted octanol–water partition coefficient (Wildman–Crippen LogP) is 5.24. The standard InChI is InChI=1S/C21H29BrFNO3/c1-13-5-6-14(7-10-19(25)27-21(2,3)4)11-18(13)24-20(26)16-9-8-15(22)12-17(16)23/h8-9,12-14,18H,5-7,10-11H2,1-4H3,(H,24,26)/t13-,14?,18-/m0/s1. The van der Waals surface area contributed by atoms with E-state index in [2.05, 4.69) is 28.2 Å².